The summed E-state index contributed by atoms with van der Waals surface area (Å²) in [6, 6.07) is 6.32. The minimum Gasteiger partial charge on any atom is -0.369 e. The quantitative estimate of drug-likeness (QED) is 0.762. The van der Waals surface area contributed by atoms with E-state index in [1.54, 1.807) is 13.1 Å². The molecule has 0 unspecified atom stereocenters. The average molecular weight is 244 g/mol. The summed E-state index contributed by atoms with van der Waals surface area (Å²) in [7, 11) is 1.66. The molecule has 1 aliphatic heterocycles. The van der Waals surface area contributed by atoms with Crippen LogP contribution < -0.4 is 9.80 Å². The number of Topliss-reactive ketones (excluding diaryl/α,β-unsaturated/α-hetero) is 1. The molecule has 18 heavy (non-hydrogen) atoms. The van der Waals surface area contributed by atoms with E-state index in [9.17, 15) is 9.59 Å². The number of benzene rings is 1. The first-order chi connectivity index (χ1) is 8.63. The van der Waals surface area contributed by atoms with Gasteiger partial charge in [-0.1, -0.05) is 0 Å². The molecule has 94 valence electrons. The number of carbonyl (C=O) groups is 2. The summed E-state index contributed by atoms with van der Waals surface area (Å²) in [6.45, 7) is 3.08. The Hall–Kier alpha value is -1.84. The molecule has 0 aromatic heterocycles. The molecule has 0 spiro atoms. The zero-order valence-corrected chi connectivity index (χ0v) is 10.6. The summed E-state index contributed by atoms with van der Waals surface area (Å²) in [5, 5.41) is 0. The minimum atomic E-state index is -0.434. The molecule has 0 radical (unpaired) electrons. The Morgan fingerprint density at radius 2 is 2.06 bits per heavy atom. The highest BCUT2D eigenvalue weighted by Crippen LogP contribution is 2.36. The van der Waals surface area contributed by atoms with Crippen LogP contribution in [0, 0.1) is 0 Å². The van der Waals surface area contributed by atoms with Crippen LogP contribution in [-0.4, -0.2) is 31.3 Å². The smallest absolute Gasteiger partial charge is 0.299 e. The lowest BCUT2D eigenvalue weighted by molar-refractivity contribution is -0.114. The molecule has 1 saturated carbocycles. The summed E-state index contributed by atoms with van der Waals surface area (Å²) in [5.41, 5.74) is 2.37. The molecule has 0 bridgehead atoms. The van der Waals surface area contributed by atoms with E-state index >= 15 is 0 Å². The van der Waals surface area contributed by atoms with Crippen LogP contribution in [-0.2, 0) is 4.79 Å². The van der Waals surface area contributed by atoms with Crippen LogP contribution in [0.15, 0.2) is 18.2 Å². The summed E-state index contributed by atoms with van der Waals surface area (Å²) >= 11 is 0. The van der Waals surface area contributed by atoms with E-state index in [2.05, 4.69) is 11.8 Å². The van der Waals surface area contributed by atoms with Crippen LogP contribution in [0.25, 0.3) is 0 Å². The molecule has 1 aromatic rings. The topological polar surface area (TPSA) is 40.6 Å². The van der Waals surface area contributed by atoms with Crippen molar-refractivity contribution in [2.24, 2.45) is 0 Å². The number of carbonyl (C=O) groups excluding carboxylic acids is 2. The lowest BCUT2D eigenvalue weighted by atomic mass is 10.1. The van der Waals surface area contributed by atoms with E-state index in [1.807, 2.05) is 12.1 Å². The van der Waals surface area contributed by atoms with Gasteiger partial charge in [0.2, 0.25) is 0 Å². The van der Waals surface area contributed by atoms with Crippen molar-refractivity contribution < 1.29 is 9.59 Å². The Labute approximate surface area is 106 Å². The normalized spacial score (nSPS) is 18.2. The van der Waals surface area contributed by atoms with Crippen molar-refractivity contribution in [2.45, 2.75) is 25.8 Å². The first-order valence-electron chi connectivity index (χ1n) is 6.36. The van der Waals surface area contributed by atoms with Gasteiger partial charge in [0, 0.05) is 25.3 Å². The van der Waals surface area contributed by atoms with E-state index in [-0.39, 0.29) is 0 Å². The van der Waals surface area contributed by atoms with Crippen molar-refractivity contribution in [2.75, 3.05) is 23.4 Å². The Balaban J connectivity index is 2.01. The monoisotopic (exact) mass is 244 g/mol. The van der Waals surface area contributed by atoms with Crippen molar-refractivity contribution in [3.05, 3.63) is 23.8 Å². The van der Waals surface area contributed by atoms with E-state index in [0.717, 1.165) is 17.9 Å². The Morgan fingerprint density at radius 3 is 2.67 bits per heavy atom. The summed E-state index contributed by atoms with van der Waals surface area (Å²) in [4.78, 5) is 27.1. The van der Waals surface area contributed by atoms with Gasteiger partial charge in [-0.3, -0.25) is 9.59 Å². The number of nitrogens with zero attached hydrogens (tertiary/aromatic N) is 2. The first-order valence-corrected chi connectivity index (χ1v) is 6.36. The molecule has 3 rings (SSSR count). The fourth-order valence-corrected chi connectivity index (χ4v) is 2.58. The van der Waals surface area contributed by atoms with Gasteiger partial charge in [0.25, 0.3) is 11.7 Å². The van der Waals surface area contributed by atoms with Crippen LogP contribution in [0.2, 0.25) is 0 Å². The molecule has 4 nitrogen and oxygen atoms in total. The number of fused-ring (bicyclic) bond motifs is 1. The molecule has 0 atom stereocenters. The second kappa shape index (κ2) is 3.83. The predicted molar refractivity (Wildman–Crippen MR) is 70.2 cm³/mol. The molecular weight excluding hydrogens is 228 g/mol. The molecule has 1 aliphatic carbocycles. The van der Waals surface area contributed by atoms with Crippen molar-refractivity contribution in [3.63, 3.8) is 0 Å². The number of amides is 1. The molecule has 1 heterocycles. The molecule has 2 aliphatic rings. The second-order valence-electron chi connectivity index (χ2n) is 4.91. The number of hydrogen-bond acceptors (Lipinski definition) is 3. The van der Waals surface area contributed by atoms with E-state index in [4.69, 9.17) is 0 Å². The molecule has 1 amide bonds. The van der Waals surface area contributed by atoms with Crippen LogP contribution >= 0.6 is 0 Å². The highest BCUT2D eigenvalue weighted by atomic mass is 16.2. The van der Waals surface area contributed by atoms with Crippen LogP contribution in [0.3, 0.4) is 0 Å². The molecule has 0 saturated heterocycles. The lowest BCUT2D eigenvalue weighted by Crippen LogP contribution is -2.26. The van der Waals surface area contributed by atoms with Gasteiger partial charge in [-0.05, 0) is 38.0 Å². The van der Waals surface area contributed by atoms with E-state index in [0.29, 0.717) is 11.6 Å². The van der Waals surface area contributed by atoms with Gasteiger partial charge in [0.05, 0.1) is 11.3 Å². The maximum atomic E-state index is 11.7. The van der Waals surface area contributed by atoms with E-state index < -0.39 is 11.7 Å². The highest BCUT2D eigenvalue weighted by Gasteiger charge is 2.35. The maximum Gasteiger partial charge on any atom is 0.299 e. The number of anilines is 2. The fourth-order valence-electron chi connectivity index (χ4n) is 2.58. The van der Waals surface area contributed by atoms with Gasteiger partial charge in [-0.25, -0.2) is 0 Å². The van der Waals surface area contributed by atoms with Crippen LogP contribution in [0.4, 0.5) is 11.4 Å². The van der Waals surface area contributed by atoms with Gasteiger partial charge in [0.1, 0.15) is 0 Å². The number of rotatable bonds is 3. The van der Waals surface area contributed by atoms with Crippen LogP contribution in [0.5, 0.6) is 0 Å². The van der Waals surface area contributed by atoms with Gasteiger partial charge in [0.15, 0.2) is 0 Å². The number of ketones is 1. The number of likely N-dealkylation sites (N-methyl/N-ethyl adjacent to an activating group) is 1. The van der Waals surface area contributed by atoms with Gasteiger partial charge in [-0.15, -0.1) is 0 Å². The molecule has 0 N–H and O–H groups in total. The highest BCUT2D eigenvalue weighted by molar-refractivity contribution is 6.52. The standard InChI is InChI=1S/C14H16N2O2/c1-3-16(9-4-5-9)10-6-7-11-12(8-10)15(2)14(18)13(11)17/h6-9H,3-5H2,1-2H3. The lowest BCUT2D eigenvalue weighted by Gasteiger charge is -2.23. The van der Waals surface area contributed by atoms with Crippen LogP contribution in [0.1, 0.15) is 30.1 Å². The third-order valence-electron chi connectivity index (χ3n) is 3.75. The summed E-state index contributed by atoms with van der Waals surface area (Å²) in [6.07, 6.45) is 2.47. The Bertz CT molecular complexity index is 535. The Kier molecular flexibility index (Phi) is 2.40. The third-order valence-corrected chi connectivity index (χ3v) is 3.75. The summed E-state index contributed by atoms with van der Waals surface area (Å²) < 4.78 is 0. The van der Waals surface area contributed by atoms with Crippen molar-refractivity contribution in [1.82, 2.24) is 0 Å². The zero-order chi connectivity index (χ0) is 12.9. The molecule has 1 fully saturated rings. The van der Waals surface area contributed by atoms with Gasteiger partial charge in [-0.2, -0.15) is 0 Å². The molecule has 4 heteroatoms. The third kappa shape index (κ3) is 1.52. The maximum absolute atomic E-state index is 11.7. The summed E-state index contributed by atoms with van der Waals surface area (Å²) in [5.74, 6) is -0.829. The van der Waals surface area contributed by atoms with Crippen molar-refractivity contribution in [1.29, 1.82) is 0 Å². The van der Waals surface area contributed by atoms with Crippen molar-refractivity contribution >= 4 is 23.1 Å². The molecular formula is C14H16N2O2. The van der Waals surface area contributed by atoms with Gasteiger partial charge >= 0.3 is 0 Å². The molecule has 1 aromatic carbocycles. The average Bonchev–Trinajstić information content (AvgIpc) is 3.18. The fraction of sp³-hybridized carbons (Fsp3) is 0.429. The second-order valence-corrected chi connectivity index (χ2v) is 4.91. The zero-order valence-electron chi connectivity index (χ0n) is 10.6. The first kappa shape index (κ1) is 11.3. The number of hydrogen-bond donors (Lipinski definition) is 0. The largest absolute Gasteiger partial charge is 0.369 e. The predicted octanol–water partition coefficient (Wildman–Crippen LogP) is 1.83. The van der Waals surface area contributed by atoms with Gasteiger partial charge < -0.3 is 9.80 Å². The SMILES string of the molecule is CCN(c1ccc2c(c1)N(C)C(=O)C2=O)C1CC1. The van der Waals surface area contributed by atoms with E-state index in [1.165, 1.54) is 17.7 Å². The van der Waals surface area contributed by atoms with Crippen molar-refractivity contribution in [3.8, 4) is 0 Å². The minimum absolute atomic E-state index is 0.395. The Morgan fingerprint density at radius 1 is 1.33 bits per heavy atom.